The Kier molecular flexibility index (Phi) is 3.95. The first-order valence-corrected chi connectivity index (χ1v) is 5.72. The van der Waals surface area contributed by atoms with E-state index in [2.05, 4.69) is 5.10 Å². The van der Waals surface area contributed by atoms with E-state index in [0.29, 0.717) is 0 Å². The Labute approximate surface area is 115 Å². The van der Waals surface area contributed by atoms with Gasteiger partial charge in [0.1, 0.15) is 11.5 Å². The summed E-state index contributed by atoms with van der Waals surface area (Å²) in [6.07, 6.45) is -7.89. The molecule has 1 N–H and O–H groups in total. The second-order valence-electron chi connectivity index (χ2n) is 4.38. The number of nitrogens with zero attached hydrogens (tertiary/aromatic N) is 2. The molecule has 1 aromatic carbocycles. The van der Waals surface area contributed by atoms with E-state index in [1.807, 2.05) is 0 Å². The van der Waals surface area contributed by atoms with Crippen LogP contribution in [-0.4, -0.2) is 40.3 Å². The molecule has 0 aliphatic carbocycles. The van der Waals surface area contributed by atoms with Crippen LogP contribution < -0.4 is 0 Å². The van der Waals surface area contributed by atoms with Crippen LogP contribution in [0, 0.1) is 5.82 Å². The fraction of sp³-hybridized carbons (Fsp3) is 0.333. The first-order valence-electron chi connectivity index (χ1n) is 5.72. The molecule has 0 aromatic heterocycles. The molecular weight excluding hydrogens is 299 g/mol. The van der Waals surface area contributed by atoms with Gasteiger partial charge in [0, 0.05) is 12.0 Å². The smallest absolute Gasteiger partial charge is 0.287 e. The Hall–Kier alpha value is -2.03. The molecule has 114 valence electrons. The molecule has 0 fully saturated rings. The minimum Gasteiger partial charge on any atom is -0.364 e. The minimum absolute atomic E-state index is 0.117. The summed E-state index contributed by atoms with van der Waals surface area (Å²) in [5.74, 6) is -2.12. The van der Waals surface area contributed by atoms with Crippen LogP contribution in [0.4, 0.5) is 22.0 Å². The highest BCUT2D eigenvalue weighted by Crippen LogP contribution is 2.34. The Bertz CT molecular complexity index is 593. The van der Waals surface area contributed by atoms with Gasteiger partial charge in [-0.15, -0.1) is 0 Å². The van der Waals surface area contributed by atoms with Crippen molar-refractivity contribution in [2.75, 3.05) is 0 Å². The van der Waals surface area contributed by atoms with E-state index in [0.717, 1.165) is 24.3 Å². The zero-order valence-corrected chi connectivity index (χ0v) is 10.3. The van der Waals surface area contributed by atoms with Gasteiger partial charge < -0.3 is 5.11 Å². The second-order valence-corrected chi connectivity index (χ2v) is 4.38. The summed E-state index contributed by atoms with van der Waals surface area (Å²) in [4.78, 5) is 12.0. The summed E-state index contributed by atoms with van der Waals surface area (Å²) >= 11 is 0. The summed E-state index contributed by atoms with van der Waals surface area (Å²) < 4.78 is 64.0. The number of benzene rings is 1. The van der Waals surface area contributed by atoms with Gasteiger partial charge in [0.05, 0.1) is 0 Å². The molecule has 0 saturated carbocycles. The van der Waals surface area contributed by atoms with Crippen molar-refractivity contribution < 1.29 is 31.9 Å². The van der Waals surface area contributed by atoms with Crippen LogP contribution in [0.15, 0.2) is 29.4 Å². The normalized spacial score (nSPS) is 22.1. The van der Waals surface area contributed by atoms with E-state index >= 15 is 0 Å². The van der Waals surface area contributed by atoms with Crippen molar-refractivity contribution in [3.05, 3.63) is 35.6 Å². The van der Waals surface area contributed by atoms with Gasteiger partial charge in [-0.05, 0) is 18.2 Å². The van der Waals surface area contributed by atoms with Crippen LogP contribution in [-0.2, 0) is 0 Å². The van der Waals surface area contributed by atoms with Gasteiger partial charge in [-0.2, -0.15) is 10.1 Å². The predicted octanol–water partition coefficient (Wildman–Crippen LogP) is 2.25. The topological polar surface area (TPSA) is 52.9 Å². The van der Waals surface area contributed by atoms with Crippen LogP contribution in [0.2, 0.25) is 0 Å². The second kappa shape index (κ2) is 5.40. The van der Waals surface area contributed by atoms with Crippen molar-refractivity contribution in [2.24, 2.45) is 5.10 Å². The molecule has 4 nitrogen and oxygen atoms in total. The van der Waals surface area contributed by atoms with Crippen LogP contribution in [0.3, 0.4) is 0 Å². The highest BCUT2D eigenvalue weighted by atomic mass is 19.3. The first-order chi connectivity index (χ1) is 9.75. The number of hydrazone groups is 1. The fourth-order valence-corrected chi connectivity index (χ4v) is 1.85. The molecule has 9 heteroatoms. The molecule has 0 radical (unpaired) electrons. The molecule has 1 aromatic rings. The van der Waals surface area contributed by atoms with E-state index in [1.165, 1.54) is 0 Å². The third-order valence-electron chi connectivity index (χ3n) is 2.90. The highest BCUT2D eigenvalue weighted by molar-refractivity contribution is 5.99. The number of hydrogen-bond acceptors (Lipinski definition) is 3. The SMILES string of the molecule is O=C(c1cccc(F)c1)N1N=C(C(F)F)CC1(O)C(F)F. The summed E-state index contributed by atoms with van der Waals surface area (Å²) in [5.41, 5.74) is -4.61. The molecule has 1 amide bonds. The van der Waals surface area contributed by atoms with Crippen molar-refractivity contribution in [1.29, 1.82) is 0 Å². The predicted molar refractivity (Wildman–Crippen MR) is 61.6 cm³/mol. The van der Waals surface area contributed by atoms with Crippen molar-refractivity contribution in [2.45, 2.75) is 25.0 Å². The van der Waals surface area contributed by atoms with Gasteiger partial charge in [-0.25, -0.2) is 22.0 Å². The Morgan fingerprint density at radius 1 is 1.33 bits per heavy atom. The van der Waals surface area contributed by atoms with Crippen LogP contribution in [0.5, 0.6) is 0 Å². The van der Waals surface area contributed by atoms with Crippen molar-refractivity contribution in [1.82, 2.24) is 5.01 Å². The van der Waals surface area contributed by atoms with Gasteiger partial charge >= 0.3 is 0 Å². The van der Waals surface area contributed by atoms with Crippen molar-refractivity contribution in [3.8, 4) is 0 Å². The molecule has 0 bridgehead atoms. The lowest BCUT2D eigenvalue weighted by Crippen LogP contribution is -2.51. The van der Waals surface area contributed by atoms with Crippen LogP contribution >= 0.6 is 0 Å². The van der Waals surface area contributed by atoms with Gasteiger partial charge in [0.25, 0.3) is 18.8 Å². The van der Waals surface area contributed by atoms with Crippen LogP contribution in [0.1, 0.15) is 16.8 Å². The number of hydrogen-bond donors (Lipinski definition) is 1. The maximum Gasteiger partial charge on any atom is 0.287 e. The number of rotatable bonds is 3. The largest absolute Gasteiger partial charge is 0.364 e. The maximum atomic E-state index is 13.0. The van der Waals surface area contributed by atoms with E-state index in [4.69, 9.17) is 0 Å². The Morgan fingerprint density at radius 3 is 2.52 bits per heavy atom. The fourth-order valence-electron chi connectivity index (χ4n) is 1.85. The quantitative estimate of drug-likeness (QED) is 0.871. The lowest BCUT2D eigenvalue weighted by Gasteiger charge is -2.29. The summed E-state index contributed by atoms with van der Waals surface area (Å²) in [6.45, 7) is 0. The Morgan fingerprint density at radius 2 is 2.00 bits per heavy atom. The average Bonchev–Trinajstić information content (AvgIpc) is 2.77. The number of carbonyl (C=O) groups excluding carboxylic acids is 1. The molecule has 1 unspecified atom stereocenters. The van der Waals surface area contributed by atoms with Gasteiger partial charge in [0.15, 0.2) is 0 Å². The first kappa shape index (κ1) is 15.4. The summed E-state index contributed by atoms with van der Waals surface area (Å²) in [6, 6.07) is 3.96. The molecule has 1 atom stereocenters. The maximum absolute atomic E-state index is 13.0. The van der Waals surface area contributed by atoms with Crippen molar-refractivity contribution >= 4 is 11.6 Å². The third-order valence-corrected chi connectivity index (χ3v) is 2.90. The highest BCUT2D eigenvalue weighted by Gasteiger charge is 2.53. The lowest BCUT2D eigenvalue weighted by atomic mass is 10.1. The lowest BCUT2D eigenvalue weighted by molar-refractivity contribution is -0.164. The molecule has 0 saturated heterocycles. The molecule has 1 aliphatic rings. The van der Waals surface area contributed by atoms with Gasteiger partial charge in [-0.1, -0.05) is 6.07 Å². The molecule has 0 spiro atoms. The number of carbonyl (C=O) groups is 1. The summed E-state index contributed by atoms with van der Waals surface area (Å²) in [7, 11) is 0. The monoisotopic (exact) mass is 308 g/mol. The average molecular weight is 308 g/mol. The standard InChI is InChI=1S/C12H9F5N2O2/c13-7-3-1-2-6(4-7)10(20)19-12(21,11(16)17)5-8(18-19)9(14)15/h1-4,9,11,21H,5H2. The molecule has 21 heavy (non-hydrogen) atoms. The zero-order valence-electron chi connectivity index (χ0n) is 10.3. The molecule has 1 aliphatic heterocycles. The zero-order chi connectivity index (χ0) is 15.8. The number of aliphatic hydroxyl groups is 1. The number of alkyl halides is 4. The van der Waals surface area contributed by atoms with E-state index in [-0.39, 0.29) is 5.01 Å². The third kappa shape index (κ3) is 2.73. The molecule has 1 heterocycles. The number of amides is 1. The van der Waals surface area contributed by atoms with Crippen LogP contribution in [0.25, 0.3) is 0 Å². The van der Waals surface area contributed by atoms with E-state index in [1.54, 1.807) is 0 Å². The van der Waals surface area contributed by atoms with E-state index < -0.39 is 48.0 Å². The van der Waals surface area contributed by atoms with Crippen molar-refractivity contribution in [3.63, 3.8) is 0 Å². The Balaban J connectivity index is 2.40. The molecule has 2 rings (SSSR count). The van der Waals surface area contributed by atoms with Gasteiger partial charge in [-0.3, -0.25) is 4.79 Å². The minimum atomic E-state index is -3.52. The van der Waals surface area contributed by atoms with Gasteiger partial charge in [0.2, 0.25) is 5.72 Å². The number of halogens is 5. The summed E-state index contributed by atoms with van der Waals surface area (Å²) in [5, 5.41) is 12.7. The molecular formula is C12H9F5N2O2. The van der Waals surface area contributed by atoms with E-state index in [9.17, 15) is 31.9 Å².